The second kappa shape index (κ2) is 8.74. The molecule has 0 fully saturated rings. The third-order valence-electron chi connectivity index (χ3n) is 4.38. The number of carbonyl (C=O) groups excluding carboxylic acids is 2. The molecule has 0 saturated heterocycles. The Bertz CT molecular complexity index is 1060. The summed E-state index contributed by atoms with van der Waals surface area (Å²) in [5.74, 6) is -2.06. The van der Waals surface area contributed by atoms with Gasteiger partial charge in [-0.1, -0.05) is 36.4 Å². The molecule has 32 heavy (non-hydrogen) atoms. The van der Waals surface area contributed by atoms with Gasteiger partial charge in [-0.2, -0.15) is 26.3 Å². The summed E-state index contributed by atoms with van der Waals surface area (Å²) in [7, 11) is 0. The fourth-order valence-corrected chi connectivity index (χ4v) is 2.94. The van der Waals surface area contributed by atoms with Gasteiger partial charge in [-0.15, -0.1) is 0 Å². The first-order valence-electron chi connectivity index (χ1n) is 9.02. The Morgan fingerprint density at radius 1 is 0.531 bits per heavy atom. The fourth-order valence-electron chi connectivity index (χ4n) is 2.94. The molecule has 3 aromatic carbocycles. The predicted molar refractivity (Wildman–Crippen MR) is 105 cm³/mol. The normalized spacial score (nSPS) is 11.7. The van der Waals surface area contributed by atoms with Gasteiger partial charge in [-0.25, -0.2) is 0 Å². The van der Waals surface area contributed by atoms with Crippen molar-refractivity contribution >= 4 is 23.2 Å². The molecule has 0 aliphatic rings. The van der Waals surface area contributed by atoms with Gasteiger partial charge < -0.3 is 10.6 Å². The lowest BCUT2D eigenvalue weighted by molar-refractivity contribution is -0.137. The van der Waals surface area contributed by atoms with Gasteiger partial charge in [0.25, 0.3) is 11.8 Å². The highest BCUT2D eigenvalue weighted by Gasteiger charge is 2.35. The summed E-state index contributed by atoms with van der Waals surface area (Å²) < 4.78 is 79.1. The van der Waals surface area contributed by atoms with Crippen molar-refractivity contribution in [1.82, 2.24) is 0 Å². The van der Waals surface area contributed by atoms with E-state index >= 15 is 0 Å². The van der Waals surface area contributed by atoms with Crippen LogP contribution in [0.4, 0.5) is 37.7 Å². The summed E-state index contributed by atoms with van der Waals surface area (Å²) >= 11 is 0. The first kappa shape index (κ1) is 22.9. The van der Waals surface area contributed by atoms with E-state index in [9.17, 15) is 35.9 Å². The van der Waals surface area contributed by atoms with Gasteiger partial charge >= 0.3 is 12.4 Å². The molecule has 0 saturated carbocycles. The van der Waals surface area contributed by atoms with Crippen LogP contribution in [-0.4, -0.2) is 11.8 Å². The number of hydrogen-bond acceptors (Lipinski definition) is 2. The van der Waals surface area contributed by atoms with Crippen molar-refractivity contribution in [3.63, 3.8) is 0 Å². The van der Waals surface area contributed by atoms with Gasteiger partial charge in [0.2, 0.25) is 0 Å². The molecule has 0 heterocycles. The molecule has 0 bridgehead atoms. The molecule has 0 radical (unpaired) electrons. The van der Waals surface area contributed by atoms with Crippen molar-refractivity contribution in [2.75, 3.05) is 10.6 Å². The Morgan fingerprint density at radius 3 is 1.19 bits per heavy atom. The van der Waals surface area contributed by atoms with E-state index in [0.29, 0.717) is 0 Å². The van der Waals surface area contributed by atoms with Crippen molar-refractivity contribution in [2.45, 2.75) is 12.4 Å². The van der Waals surface area contributed by atoms with E-state index in [-0.39, 0.29) is 11.1 Å². The van der Waals surface area contributed by atoms with E-state index < -0.39 is 46.7 Å². The predicted octanol–water partition coefficient (Wildman–Crippen LogP) is 6.23. The Labute approximate surface area is 177 Å². The monoisotopic (exact) mass is 452 g/mol. The molecule has 0 spiro atoms. The van der Waals surface area contributed by atoms with Crippen molar-refractivity contribution in [1.29, 1.82) is 0 Å². The van der Waals surface area contributed by atoms with Gasteiger partial charge in [0.15, 0.2) is 0 Å². The van der Waals surface area contributed by atoms with Crippen LogP contribution in [0.2, 0.25) is 0 Å². The third-order valence-corrected chi connectivity index (χ3v) is 4.38. The molecule has 3 rings (SSSR count). The maximum absolute atomic E-state index is 13.2. The molecular formula is C22H14F6N2O2. The first-order valence-corrected chi connectivity index (χ1v) is 9.02. The van der Waals surface area contributed by atoms with Gasteiger partial charge in [-0.3, -0.25) is 9.59 Å². The average molecular weight is 452 g/mol. The number of nitrogens with one attached hydrogen (secondary N) is 2. The number of rotatable bonds is 4. The number of para-hydroxylation sites is 2. The second-order valence-electron chi connectivity index (χ2n) is 6.54. The van der Waals surface area contributed by atoms with Crippen LogP contribution < -0.4 is 10.6 Å². The lowest BCUT2D eigenvalue weighted by Crippen LogP contribution is -2.22. The Balaban J connectivity index is 1.91. The van der Waals surface area contributed by atoms with E-state index in [0.717, 1.165) is 36.4 Å². The molecular weight excluding hydrogens is 438 g/mol. The van der Waals surface area contributed by atoms with Crippen LogP contribution in [0.3, 0.4) is 0 Å². The largest absolute Gasteiger partial charge is 0.418 e. The van der Waals surface area contributed by atoms with Crippen LogP contribution in [0.5, 0.6) is 0 Å². The van der Waals surface area contributed by atoms with Gasteiger partial charge in [-0.05, 0) is 36.4 Å². The molecule has 0 aliphatic heterocycles. The highest BCUT2D eigenvalue weighted by Crippen LogP contribution is 2.36. The molecule has 0 aliphatic carbocycles. The van der Waals surface area contributed by atoms with E-state index in [1.807, 2.05) is 0 Å². The fraction of sp³-hybridized carbons (Fsp3) is 0.0909. The molecule has 0 atom stereocenters. The molecule has 0 unspecified atom stereocenters. The minimum absolute atomic E-state index is 0.313. The number of alkyl halides is 6. The van der Waals surface area contributed by atoms with E-state index in [4.69, 9.17) is 0 Å². The van der Waals surface area contributed by atoms with Crippen LogP contribution in [0.25, 0.3) is 0 Å². The third kappa shape index (κ3) is 5.08. The Morgan fingerprint density at radius 2 is 0.844 bits per heavy atom. The molecule has 10 heteroatoms. The topological polar surface area (TPSA) is 58.2 Å². The van der Waals surface area contributed by atoms with Crippen LogP contribution >= 0.6 is 0 Å². The van der Waals surface area contributed by atoms with Crippen LogP contribution in [0, 0.1) is 0 Å². The van der Waals surface area contributed by atoms with Crippen LogP contribution in [0.15, 0.2) is 72.8 Å². The van der Waals surface area contributed by atoms with E-state index in [2.05, 4.69) is 10.6 Å². The van der Waals surface area contributed by atoms with Crippen molar-refractivity contribution < 1.29 is 35.9 Å². The van der Waals surface area contributed by atoms with Gasteiger partial charge in [0.05, 0.1) is 33.6 Å². The Kier molecular flexibility index (Phi) is 6.24. The highest BCUT2D eigenvalue weighted by atomic mass is 19.4. The SMILES string of the molecule is O=C(Nc1ccccc1C(F)(F)F)c1ccccc1C(=O)Nc1ccccc1C(F)(F)F. The zero-order chi connectivity index (χ0) is 23.5. The summed E-state index contributed by atoms with van der Waals surface area (Å²) in [5.41, 5.74) is -3.85. The molecule has 2 N–H and O–H groups in total. The standard InChI is InChI=1S/C22H14F6N2O2/c23-21(24,25)15-9-3-5-11-17(15)29-19(31)13-7-1-2-8-14(13)20(32)30-18-12-6-4-10-16(18)22(26,27)28/h1-12H,(H,29,31)(H,30,32). The molecule has 0 aromatic heterocycles. The number of hydrogen-bond donors (Lipinski definition) is 2. The van der Waals surface area contributed by atoms with E-state index in [1.54, 1.807) is 0 Å². The number of halogens is 6. The minimum atomic E-state index is -4.73. The smallest absolute Gasteiger partial charge is 0.321 e. The van der Waals surface area contributed by atoms with Crippen molar-refractivity contribution in [3.05, 3.63) is 95.1 Å². The molecule has 3 aromatic rings. The first-order chi connectivity index (χ1) is 15.0. The number of carbonyl (C=O) groups is 2. The van der Waals surface area contributed by atoms with Crippen molar-refractivity contribution in [2.24, 2.45) is 0 Å². The molecule has 2 amide bonds. The Hall–Kier alpha value is -3.82. The summed E-state index contributed by atoms with van der Waals surface area (Å²) in [6.45, 7) is 0. The van der Waals surface area contributed by atoms with Gasteiger partial charge in [0.1, 0.15) is 0 Å². The summed E-state index contributed by atoms with van der Waals surface area (Å²) in [6.07, 6.45) is -9.47. The summed E-state index contributed by atoms with van der Waals surface area (Å²) in [4.78, 5) is 25.3. The maximum Gasteiger partial charge on any atom is 0.418 e. The lowest BCUT2D eigenvalue weighted by Gasteiger charge is -2.16. The summed E-state index contributed by atoms with van der Waals surface area (Å²) in [6, 6.07) is 13.6. The van der Waals surface area contributed by atoms with Gasteiger partial charge in [0, 0.05) is 0 Å². The average Bonchev–Trinajstić information content (AvgIpc) is 2.73. The number of amides is 2. The molecule has 4 nitrogen and oxygen atoms in total. The number of benzene rings is 3. The zero-order valence-electron chi connectivity index (χ0n) is 16.0. The highest BCUT2D eigenvalue weighted by molar-refractivity contribution is 6.15. The maximum atomic E-state index is 13.2. The van der Waals surface area contributed by atoms with Crippen LogP contribution in [0.1, 0.15) is 31.8 Å². The molecule has 166 valence electrons. The zero-order valence-corrected chi connectivity index (χ0v) is 16.0. The summed E-state index contributed by atoms with van der Waals surface area (Å²) in [5, 5.41) is 4.22. The second-order valence-corrected chi connectivity index (χ2v) is 6.54. The number of anilines is 2. The van der Waals surface area contributed by atoms with Crippen LogP contribution in [-0.2, 0) is 12.4 Å². The quantitative estimate of drug-likeness (QED) is 0.461. The lowest BCUT2D eigenvalue weighted by atomic mass is 10.0. The van der Waals surface area contributed by atoms with E-state index in [1.165, 1.54) is 36.4 Å². The minimum Gasteiger partial charge on any atom is -0.321 e. The van der Waals surface area contributed by atoms with Crippen molar-refractivity contribution in [3.8, 4) is 0 Å².